The quantitative estimate of drug-likeness (QED) is 0.659. The number of hydrogen-bond donors (Lipinski definition) is 2. The van der Waals surface area contributed by atoms with Crippen LogP contribution in [0.25, 0.3) is 0 Å². The molecule has 2 rings (SSSR count). The van der Waals surface area contributed by atoms with E-state index in [2.05, 4.69) is 26.0 Å². The van der Waals surface area contributed by atoms with Crippen molar-refractivity contribution in [2.24, 2.45) is 0 Å². The molecule has 26 heavy (non-hydrogen) atoms. The summed E-state index contributed by atoms with van der Waals surface area (Å²) in [7, 11) is 0.462. The van der Waals surface area contributed by atoms with E-state index in [4.69, 9.17) is 8.85 Å². The van der Waals surface area contributed by atoms with Crippen molar-refractivity contribution in [2.75, 3.05) is 20.4 Å². The number of phenolic OH excluding ortho intramolecular Hbond substituents is 1. The van der Waals surface area contributed by atoms with Crippen molar-refractivity contribution < 1.29 is 19.1 Å². The smallest absolute Gasteiger partial charge is 0.398 e. The van der Waals surface area contributed by atoms with Crippen LogP contribution >= 0.6 is 0 Å². The van der Waals surface area contributed by atoms with E-state index < -0.39 is 8.56 Å². The number of benzene rings is 2. The maximum atomic E-state index is 9.70. The second kappa shape index (κ2) is 9.32. The SMILES string of the molecule is CCC(CC(C)c1ccc([Si](CO)(OC)OC)cc1)c1ccc(O)cc1. The third kappa shape index (κ3) is 4.54. The van der Waals surface area contributed by atoms with Crippen molar-refractivity contribution in [1.82, 2.24) is 0 Å². The van der Waals surface area contributed by atoms with Gasteiger partial charge in [-0.3, -0.25) is 0 Å². The molecular formula is C21H30O4Si. The van der Waals surface area contributed by atoms with E-state index in [0.29, 0.717) is 17.6 Å². The molecule has 4 nitrogen and oxygen atoms in total. The Bertz CT molecular complexity index is 657. The van der Waals surface area contributed by atoms with Crippen LogP contribution in [-0.4, -0.2) is 39.2 Å². The van der Waals surface area contributed by atoms with Gasteiger partial charge in [0.2, 0.25) is 0 Å². The van der Waals surface area contributed by atoms with E-state index in [1.807, 2.05) is 24.3 Å². The third-order valence-corrected chi connectivity index (χ3v) is 8.23. The van der Waals surface area contributed by atoms with Gasteiger partial charge in [-0.1, -0.05) is 50.2 Å². The number of aliphatic hydroxyl groups excluding tert-OH is 1. The second-order valence-corrected chi connectivity index (χ2v) is 9.99. The Morgan fingerprint density at radius 2 is 1.46 bits per heavy atom. The summed E-state index contributed by atoms with van der Waals surface area (Å²) in [6.07, 6.45) is 1.99. The van der Waals surface area contributed by atoms with Gasteiger partial charge in [0.25, 0.3) is 0 Å². The number of hydrogen-bond acceptors (Lipinski definition) is 4. The summed E-state index contributed by atoms with van der Waals surface area (Å²) in [6, 6.07) is 15.8. The van der Waals surface area contributed by atoms with E-state index in [9.17, 15) is 10.2 Å². The molecule has 2 unspecified atom stereocenters. The van der Waals surface area contributed by atoms with Gasteiger partial charge in [-0.05, 0) is 53.1 Å². The summed E-state index contributed by atoms with van der Waals surface area (Å²) in [5, 5.41) is 20.1. The monoisotopic (exact) mass is 374 g/mol. The fraction of sp³-hybridized carbons (Fsp3) is 0.429. The fourth-order valence-electron chi connectivity index (χ4n) is 3.45. The summed E-state index contributed by atoms with van der Waals surface area (Å²) < 4.78 is 11.0. The average molecular weight is 375 g/mol. The van der Waals surface area contributed by atoms with Gasteiger partial charge in [-0.2, -0.15) is 0 Å². The molecule has 0 aliphatic rings. The van der Waals surface area contributed by atoms with Crippen LogP contribution in [0.5, 0.6) is 5.75 Å². The first-order valence-corrected chi connectivity index (χ1v) is 11.1. The van der Waals surface area contributed by atoms with Gasteiger partial charge in [0.1, 0.15) is 5.75 Å². The molecule has 0 saturated heterocycles. The second-order valence-electron chi connectivity index (χ2n) is 6.77. The molecule has 0 saturated carbocycles. The van der Waals surface area contributed by atoms with Gasteiger partial charge < -0.3 is 19.1 Å². The highest BCUT2D eigenvalue weighted by Gasteiger charge is 2.37. The molecule has 2 aromatic rings. The number of aliphatic hydroxyl groups is 1. The number of rotatable bonds is 9. The average Bonchev–Trinajstić information content (AvgIpc) is 2.69. The Hall–Kier alpha value is -1.66. The predicted molar refractivity (Wildman–Crippen MR) is 107 cm³/mol. The van der Waals surface area contributed by atoms with Crippen molar-refractivity contribution >= 4 is 13.7 Å². The Balaban J connectivity index is 2.13. The molecule has 0 spiro atoms. The fourth-order valence-corrected chi connectivity index (χ4v) is 5.21. The van der Waals surface area contributed by atoms with Crippen molar-refractivity contribution in [3.8, 4) is 5.75 Å². The molecule has 2 atom stereocenters. The van der Waals surface area contributed by atoms with E-state index >= 15 is 0 Å². The molecule has 0 bridgehead atoms. The van der Waals surface area contributed by atoms with Crippen molar-refractivity contribution in [3.63, 3.8) is 0 Å². The third-order valence-electron chi connectivity index (χ3n) is 5.28. The highest BCUT2D eigenvalue weighted by molar-refractivity contribution is 6.80. The van der Waals surface area contributed by atoms with E-state index in [1.54, 1.807) is 26.4 Å². The lowest BCUT2D eigenvalue weighted by molar-refractivity contribution is 0.211. The molecule has 0 aromatic heterocycles. The van der Waals surface area contributed by atoms with E-state index in [-0.39, 0.29) is 6.23 Å². The predicted octanol–water partition coefficient (Wildman–Crippen LogP) is 3.55. The van der Waals surface area contributed by atoms with E-state index in [1.165, 1.54) is 11.1 Å². The van der Waals surface area contributed by atoms with Crippen LogP contribution in [0.3, 0.4) is 0 Å². The van der Waals surface area contributed by atoms with Gasteiger partial charge in [-0.15, -0.1) is 0 Å². The van der Waals surface area contributed by atoms with Crippen LogP contribution in [0.15, 0.2) is 48.5 Å². The summed E-state index contributed by atoms with van der Waals surface area (Å²) in [4.78, 5) is 0. The molecule has 5 heteroatoms. The molecule has 0 amide bonds. The van der Waals surface area contributed by atoms with Crippen molar-refractivity contribution in [3.05, 3.63) is 59.7 Å². The van der Waals surface area contributed by atoms with Gasteiger partial charge in [0.05, 0.1) is 6.23 Å². The lowest BCUT2D eigenvalue weighted by Crippen LogP contribution is -2.56. The minimum atomic E-state index is -2.72. The van der Waals surface area contributed by atoms with Gasteiger partial charge in [0.15, 0.2) is 0 Å². The zero-order valence-electron chi connectivity index (χ0n) is 16.1. The molecule has 142 valence electrons. The van der Waals surface area contributed by atoms with Crippen molar-refractivity contribution in [2.45, 2.75) is 38.5 Å². The van der Waals surface area contributed by atoms with Crippen LogP contribution in [0.4, 0.5) is 0 Å². The molecule has 0 aliphatic carbocycles. The molecule has 0 radical (unpaired) electrons. The zero-order chi connectivity index (χ0) is 19.2. The maximum Gasteiger partial charge on any atom is 0.398 e. The molecule has 2 aromatic carbocycles. The molecular weight excluding hydrogens is 344 g/mol. The molecule has 0 fully saturated rings. The Morgan fingerprint density at radius 3 is 1.92 bits per heavy atom. The lowest BCUT2D eigenvalue weighted by atomic mass is 9.84. The Kier molecular flexibility index (Phi) is 7.40. The first-order valence-electron chi connectivity index (χ1n) is 9.10. The summed E-state index contributed by atoms with van der Waals surface area (Å²) >= 11 is 0. The lowest BCUT2D eigenvalue weighted by Gasteiger charge is -2.26. The van der Waals surface area contributed by atoms with E-state index in [0.717, 1.165) is 18.0 Å². The summed E-state index contributed by atoms with van der Waals surface area (Å²) in [5.41, 5.74) is 2.53. The van der Waals surface area contributed by atoms with Crippen LogP contribution in [0, 0.1) is 0 Å². The van der Waals surface area contributed by atoms with Gasteiger partial charge >= 0.3 is 8.56 Å². The standard InChI is InChI=1S/C21H30O4Si/c1-5-17(19-6-10-20(23)11-7-19)14-16(2)18-8-12-21(13-9-18)26(15-22,24-3)25-4/h6-13,16-17,22-23H,5,14-15H2,1-4H3. The zero-order valence-corrected chi connectivity index (χ0v) is 17.1. The van der Waals surface area contributed by atoms with Crippen LogP contribution in [0.2, 0.25) is 0 Å². The highest BCUT2D eigenvalue weighted by Crippen LogP contribution is 2.32. The summed E-state index contributed by atoms with van der Waals surface area (Å²) in [5.74, 6) is 1.16. The summed E-state index contributed by atoms with van der Waals surface area (Å²) in [6.45, 7) is 4.44. The largest absolute Gasteiger partial charge is 0.508 e. The highest BCUT2D eigenvalue weighted by atomic mass is 28.4. The molecule has 2 N–H and O–H groups in total. The Morgan fingerprint density at radius 1 is 0.923 bits per heavy atom. The Labute approximate surface area is 157 Å². The maximum absolute atomic E-state index is 9.70. The van der Waals surface area contributed by atoms with Crippen LogP contribution < -0.4 is 5.19 Å². The first kappa shape index (κ1) is 20.6. The number of aromatic hydroxyl groups is 1. The van der Waals surface area contributed by atoms with Gasteiger partial charge in [0, 0.05) is 14.2 Å². The van der Waals surface area contributed by atoms with Crippen LogP contribution in [-0.2, 0) is 8.85 Å². The minimum Gasteiger partial charge on any atom is -0.508 e. The molecule has 0 heterocycles. The van der Waals surface area contributed by atoms with Crippen LogP contribution in [0.1, 0.15) is 49.7 Å². The van der Waals surface area contributed by atoms with Gasteiger partial charge in [-0.25, -0.2) is 0 Å². The first-order chi connectivity index (χ1) is 12.5. The normalized spacial score (nSPS) is 14.2. The molecule has 0 aliphatic heterocycles. The topological polar surface area (TPSA) is 58.9 Å². The number of phenols is 1. The minimum absolute atomic E-state index is 0.104. The van der Waals surface area contributed by atoms with Crippen molar-refractivity contribution in [1.29, 1.82) is 0 Å².